The number of ether oxygens (including phenoxy) is 2. The van der Waals surface area contributed by atoms with Gasteiger partial charge in [0, 0.05) is 32.4 Å². The molecule has 0 aromatic carbocycles. The fourth-order valence-electron chi connectivity index (χ4n) is 2.59. The molecule has 0 bridgehead atoms. The third kappa shape index (κ3) is 3.42. The van der Waals surface area contributed by atoms with Crippen LogP contribution in [-0.2, 0) is 9.47 Å². The van der Waals surface area contributed by atoms with Crippen molar-refractivity contribution in [1.82, 2.24) is 5.32 Å². The zero-order chi connectivity index (χ0) is 11.2. The molecule has 0 saturated carbocycles. The molecule has 0 aromatic heterocycles. The number of hydrogen-bond donors (Lipinski definition) is 2. The van der Waals surface area contributed by atoms with Crippen LogP contribution in [0.25, 0.3) is 0 Å². The second kappa shape index (κ2) is 6.55. The molecule has 4 heteroatoms. The molecule has 2 aliphatic heterocycles. The van der Waals surface area contributed by atoms with Gasteiger partial charge in [-0.15, -0.1) is 0 Å². The normalized spacial score (nSPS) is 29.4. The van der Waals surface area contributed by atoms with E-state index in [9.17, 15) is 5.11 Å². The average Bonchev–Trinajstić information content (AvgIpc) is 2.84. The zero-order valence-electron chi connectivity index (χ0n) is 9.86. The van der Waals surface area contributed by atoms with Crippen LogP contribution in [-0.4, -0.2) is 50.2 Å². The minimum atomic E-state index is 0.216. The predicted octanol–water partition coefficient (Wildman–Crippen LogP) is 0.542. The van der Waals surface area contributed by atoms with E-state index in [-0.39, 0.29) is 12.6 Å². The lowest BCUT2D eigenvalue weighted by molar-refractivity contribution is 0.0388. The van der Waals surface area contributed by atoms with Crippen molar-refractivity contribution in [3.63, 3.8) is 0 Å². The highest BCUT2D eigenvalue weighted by atomic mass is 16.5. The minimum absolute atomic E-state index is 0.216. The van der Waals surface area contributed by atoms with E-state index in [1.165, 1.54) is 6.42 Å². The SMILES string of the molecule is OCC(NCC1CCCO1)C1CCOCC1. The van der Waals surface area contributed by atoms with Crippen LogP contribution in [0.3, 0.4) is 0 Å². The fraction of sp³-hybridized carbons (Fsp3) is 1.00. The summed E-state index contributed by atoms with van der Waals surface area (Å²) in [6.07, 6.45) is 4.80. The number of nitrogens with one attached hydrogen (secondary N) is 1. The second-order valence-corrected chi connectivity index (χ2v) is 4.78. The average molecular weight is 229 g/mol. The van der Waals surface area contributed by atoms with Crippen LogP contribution in [0.5, 0.6) is 0 Å². The Morgan fingerprint density at radius 2 is 2.00 bits per heavy atom. The number of rotatable bonds is 5. The molecule has 2 saturated heterocycles. The summed E-state index contributed by atoms with van der Waals surface area (Å²) in [7, 11) is 0. The highest BCUT2D eigenvalue weighted by Gasteiger charge is 2.24. The standard InChI is InChI=1S/C12H23NO3/c14-9-12(10-3-6-15-7-4-10)13-8-11-2-1-5-16-11/h10-14H,1-9H2. The summed E-state index contributed by atoms with van der Waals surface area (Å²) in [6, 6.07) is 0.216. The van der Waals surface area contributed by atoms with Gasteiger partial charge in [0.05, 0.1) is 12.7 Å². The van der Waals surface area contributed by atoms with E-state index in [1.807, 2.05) is 0 Å². The lowest BCUT2D eigenvalue weighted by Gasteiger charge is -2.30. The van der Waals surface area contributed by atoms with Crippen LogP contribution in [0.2, 0.25) is 0 Å². The van der Waals surface area contributed by atoms with Crippen LogP contribution >= 0.6 is 0 Å². The van der Waals surface area contributed by atoms with Crippen LogP contribution in [0.1, 0.15) is 25.7 Å². The van der Waals surface area contributed by atoms with Gasteiger partial charge >= 0.3 is 0 Å². The summed E-state index contributed by atoms with van der Waals surface area (Å²) < 4.78 is 10.9. The molecular formula is C12H23NO3. The molecule has 2 heterocycles. The number of aliphatic hydroxyl groups excluding tert-OH is 1. The fourth-order valence-corrected chi connectivity index (χ4v) is 2.59. The molecule has 2 atom stereocenters. The van der Waals surface area contributed by atoms with Crippen molar-refractivity contribution in [3.05, 3.63) is 0 Å². The van der Waals surface area contributed by atoms with E-state index in [4.69, 9.17) is 9.47 Å². The summed E-state index contributed by atoms with van der Waals surface area (Å²) in [5.41, 5.74) is 0. The first-order valence-electron chi connectivity index (χ1n) is 6.43. The van der Waals surface area contributed by atoms with Crippen LogP contribution < -0.4 is 5.32 Å². The molecule has 0 spiro atoms. The van der Waals surface area contributed by atoms with Crippen LogP contribution in [0.4, 0.5) is 0 Å². The quantitative estimate of drug-likeness (QED) is 0.722. The predicted molar refractivity (Wildman–Crippen MR) is 61.4 cm³/mol. The van der Waals surface area contributed by atoms with Gasteiger partial charge < -0.3 is 19.9 Å². The van der Waals surface area contributed by atoms with Crippen LogP contribution in [0, 0.1) is 5.92 Å². The van der Waals surface area contributed by atoms with E-state index in [1.54, 1.807) is 0 Å². The maximum Gasteiger partial charge on any atom is 0.0700 e. The lowest BCUT2D eigenvalue weighted by Crippen LogP contribution is -2.44. The Labute approximate surface area is 97.3 Å². The van der Waals surface area contributed by atoms with Crippen molar-refractivity contribution < 1.29 is 14.6 Å². The molecule has 2 N–H and O–H groups in total. The molecule has 0 radical (unpaired) electrons. The monoisotopic (exact) mass is 229 g/mol. The largest absolute Gasteiger partial charge is 0.395 e. The van der Waals surface area contributed by atoms with Gasteiger partial charge in [0.1, 0.15) is 0 Å². The Bertz CT molecular complexity index is 189. The van der Waals surface area contributed by atoms with Crippen molar-refractivity contribution in [2.45, 2.75) is 37.8 Å². The Kier molecular flexibility index (Phi) is 5.03. The van der Waals surface area contributed by atoms with Gasteiger partial charge in [-0.1, -0.05) is 0 Å². The molecule has 94 valence electrons. The maximum atomic E-state index is 9.41. The van der Waals surface area contributed by atoms with Gasteiger partial charge in [-0.25, -0.2) is 0 Å². The molecule has 2 fully saturated rings. The molecule has 4 nitrogen and oxygen atoms in total. The van der Waals surface area contributed by atoms with E-state index in [2.05, 4.69) is 5.32 Å². The Morgan fingerprint density at radius 3 is 2.62 bits per heavy atom. The van der Waals surface area contributed by atoms with Gasteiger partial charge in [0.2, 0.25) is 0 Å². The first kappa shape index (κ1) is 12.3. The van der Waals surface area contributed by atoms with Crippen LogP contribution in [0.15, 0.2) is 0 Å². The van der Waals surface area contributed by atoms with Crippen molar-refractivity contribution in [1.29, 1.82) is 0 Å². The Morgan fingerprint density at radius 1 is 1.19 bits per heavy atom. The van der Waals surface area contributed by atoms with E-state index < -0.39 is 0 Å². The van der Waals surface area contributed by atoms with E-state index >= 15 is 0 Å². The van der Waals surface area contributed by atoms with Crippen molar-refractivity contribution in [3.8, 4) is 0 Å². The minimum Gasteiger partial charge on any atom is -0.395 e. The third-order valence-corrected chi connectivity index (χ3v) is 3.66. The first-order chi connectivity index (χ1) is 7.90. The van der Waals surface area contributed by atoms with E-state index in [0.29, 0.717) is 12.0 Å². The maximum absolute atomic E-state index is 9.41. The first-order valence-corrected chi connectivity index (χ1v) is 6.43. The van der Waals surface area contributed by atoms with Gasteiger partial charge in [-0.2, -0.15) is 0 Å². The highest BCUT2D eigenvalue weighted by Crippen LogP contribution is 2.19. The van der Waals surface area contributed by atoms with Gasteiger partial charge in [-0.3, -0.25) is 0 Å². The summed E-state index contributed by atoms with van der Waals surface area (Å²) in [4.78, 5) is 0. The molecule has 2 rings (SSSR count). The number of hydrogen-bond acceptors (Lipinski definition) is 4. The molecule has 0 amide bonds. The number of aliphatic hydroxyl groups is 1. The topological polar surface area (TPSA) is 50.7 Å². The summed E-state index contributed by atoms with van der Waals surface area (Å²) >= 11 is 0. The van der Waals surface area contributed by atoms with E-state index in [0.717, 1.165) is 45.6 Å². The summed E-state index contributed by atoms with van der Waals surface area (Å²) in [6.45, 7) is 3.67. The Hall–Kier alpha value is -0.160. The summed E-state index contributed by atoms with van der Waals surface area (Å²) in [5.74, 6) is 0.556. The second-order valence-electron chi connectivity index (χ2n) is 4.78. The smallest absolute Gasteiger partial charge is 0.0700 e. The molecule has 2 aliphatic rings. The van der Waals surface area contributed by atoms with Gasteiger partial charge in [0.25, 0.3) is 0 Å². The molecule has 0 aliphatic carbocycles. The highest BCUT2D eigenvalue weighted by molar-refractivity contribution is 4.80. The summed E-state index contributed by atoms with van der Waals surface area (Å²) in [5, 5.41) is 12.9. The lowest BCUT2D eigenvalue weighted by atomic mass is 9.92. The zero-order valence-corrected chi connectivity index (χ0v) is 9.86. The third-order valence-electron chi connectivity index (χ3n) is 3.66. The Balaban J connectivity index is 1.70. The molecule has 16 heavy (non-hydrogen) atoms. The molecule has 0 aromatic rings. The molecule has 2 unspecified atom stereocenters. The van der Waals surface area contributed by atoms with Crippen molar-refractivity contribution in [2.24, 2.45) is 5.92 Å². The molecular weight excluding hydrogens is 206 g/mol. The van der Waals surface area contributed by atoms with Crippen molar-refractivity contribution >= 4 is 0 Å². The van der Waals surface area contributed by atoms with Gasteiger partial charge in [0.15, 0.2) is 0 Å². The van der Waals surface area contributed by atoms with Crippen molar-refractivity contribution in [2.75, 3.05) is 33.0 Å². The van der Waals surface area contributed by atoms with Gasteiger partial charge in [-0.05, 0) is 31.6 Å².